The van der Waals surface area contributed by atoms with Crippen LogP contribution in [0.4, 0.5) is 0 Å². The van der Waals surface area contributed by atoms with Crippen molar-refractivity contribution in [2.45, 2.75) is 26.5 Å². The monoisotopic (exact) mass is 185 g/mol. The lowest BCUT2D eigenvalue weighted by atomic mass is 10.4. The Morgan fingerprint density at radius 3 is 3.15 bits per heavy atom. The fraction of sp³-hybridized carbons (Fsp3) is 0.750. The number of ether oxygens (including phenoxy) is 1. The molecule has 0 aliphatic carbocycles. The van der Waals surface area contributed by atoms with Gasteiger partial charge in [-0.25, -0.2) is 9.67 Å². The molecule has 0 aliphatic heterocycles. The lowest BCUT2D eigenvalue weighted by Crippen LogP contribution is -2.08. The second-order valence-corrected chi connectivity index (χ2v) is 2.61. The second kappa shape index (κ2) is 5.66. The first-order valence-corrected chi connectivity index (χ1v) is 4.43. The van der Waals surface area contributed by atoms with Gasteiger partial charge in [-0.3, -0.25) is 0 Å². The van der Waals surface area contributed by atoms with Crippen LogP contribution in [0.1, 0.15) is 19.2 Å². The molecule has 0 spiro atoms. The fourth-order valence-electron chi connectivity index (χ4n) is 1.06. The molecular formula is C8H15N3O2. The minimum absolute atomic E-state index is 0.0609. The highest BCUT2D eigenvalue weighted by Gasteiger charge is 2.00. The molecular weight excluding hydrogens is 170 g/mol. The average molecular weight is 185 g/mol. The molecule has 1 heterocycles. The van der Waals surface area contributed by atoms with Crippen LogP contribution in [0.5, 0.6) is 0 Å². The minimum Gasteiger partial charge on any atom is -0.388 e. The molecule has 0 saturated heterocycles. The Balaban J connectivity index is 2.27. The summed E-state index contributed by atoms with van der Waals surface area (Å²) in [6.45, 7) is 4.12. The molecule has 0 saturated carbocycles. The molecule has 0 unspecified atom stereocenters. The van der Waals surface area contributed by atoms with E-state index in [0.717, 1.165) is 26.2 Å². The summed E-state index contributed by atoms with van der Waals surface area (Å²) >= 11 is 0. The van der Waals surface area contributed by atoms with Crippen LogP contribution < -0.4 is 0 Å². The molecule has 5 heteroatoms. The van der Waals surface area contributed by atoms with E-state index in [4.69, 9.17) is 9.84 Å². The van der Waals surface area contributed by atoms with E-state index in [1.807, 2.05) is 6.92 Å². The van der Waals surface area contributed by atoms with Gasteiger partial charge in [-0.2, -0.15) is 5.10 Å². The first kappa shape index (κ1) is 10.1. The van der Waals surface area contributed by atoms with Gasteiger partial charge < -0.3 is 9.84 Å². The fourth-order valence-corrected chi connectivity index (χ4v) is 1.06. The molecule has 5 nitrogen and oxygen atoms in total. The second-order valence-electron chi connectivity index (χ2n) is 2.61. The van der Waals surface area contributed by atoms with Gasteiger partial charge in [-0.15, -0.1) is 0 Å². The standard InChI is InChI=1S/C8H15N3O2/c1-2-13-5-3-4-11-8(6-12)9-7-10-11/h7,12H,2-6H2,1H3. The lowest BCUT2D eigenvalue weighted by molar-refractivity contribution is 0.140. The van der Waals surface area contributed by atoms with E-state index in [9.17, 15) is 0 Å². The van der Waals surface area contributed by atoms with Gasteiger partial charge in [-0.1, -0.05) is 0 Å². The van der Waals surface area contributed by atoms with E-state index < -0.39 is 0 Å². The molecule has 13 heavy (non-hydrogen) atoms. The Hall–Kier alpha value is -0.940. The van der Waals surface area contributed by atoms with E-state index in [0.29, 0.717) is 5.82 Å². The average Bonchev–Trinajstić information content (AvgIpc) is 2.60. The molecule has 1 N–H and O–H groups in total. The summed E-state index contributed by atoms with van der Waals surface area (Å²) in [5, 5.41) is 12.8. The van der Waals surface area contributed by atoms with Crippen molar-refractivity contribution in [3.8, 4) is 0 Å². The van der Waals surface area contributed by atoms with Gasteiger partial charge in [-0.05, 0) is 13.3 Å². The number of nitrogens with zero attached hydrogens (tertiary/aromatic N) is 3. The number of aryl methyl sites for hydroxylation is 1. The first-order chi connectivity index (χ1) is 6.38. The van der Waals surface area contributed by atoms with Gasteiger partial charge in [0, 0.05) is 19.8 Å². The number of hydrogen-bond donors (Lipinski definition) is 1. The van der Waals surface area contributed by atoms with Crippen LogP contribution in [0.2, 0.25) is 0 Å². The van der Waals surface area contributed by atoms with Crippen LogP contribution in [0.15, 0.2) is 6.33 Å². The molecule has 0 bridgehead atoms. The maximum atomic E-state index is 8.86. The van der Waals surface area contributed by atoms with Crippen molar-refractivity contribution in [2.24, 2.45) is 0 Å². The zero-order chi connectivity index (χ0) is 9.52. The van der Waals surface area contributed by atoms with Crippen LogP contribution in [0.25, 0.3) is 0 Å². The summed E-state index contributed by atoms with van der Waals surface area (Å²) in [7, 11) is 0. The molecule has 74 valence electrons. The number of aliphatic hydroxyl groups is 1. The summed E-state index contributed by atoms with van der Waals surface area (Å²) in [4.78, 5) is 3.89. The molecule has 0 aromatic carbocycles. The Bertz CT molecular complexity index is 237. The van der Waals surface area contributed by atoms with E-state index in [1.165, 1.54) is 6.33 Å². The molecule has 1 aromatic rings. The number of rotatable bonds is 6. The molecule has 1 aromatic heterocycles. The Morgan fingerprint density at radius 2 is 2.46 bits per heavy atom. The SMILES string of the molecule is CCOCCCn1ncnc1CO. The largest absolute Gasteiger partial charge is 0.388 e. The van der Waals surface area contributed by atoms with Crippen molar-refractivity contribution in [3.63, 3.8) is 0 Å². The van der Waals surface area contributed by atoms with Crippen molar-refractivity contribution >= 4 is 0 Å². The zero-order valence-electron chi connectivity index (χ0n) is 7.81. The summed E-state index contributed by atoms with van der Waals surface area (Å²) in [5.74, 6) is 0.608. The molecule has 0 aliphatic rings. The zero-order valence-corrected chi connectivity index (χ0v) is 7.81. The van der Waals surface area contributed by atoms with Crippen LogP contribution >= 0.6 is 0 Å². The maximum absolute atomic E-state index is 8.86. The van der Waals surface area contributed by atoms with Gasteiger partial charge in [0.25, 0.3) is 0 Å². The predicted octanol–water partition coefficient (Wildman–Crippen LogP) is 0.197. The highest BCUT2D eigenvalue weighted by Crippen LogP contribution is 1.95. The third kappa shape index (κ3) is 3.12. The smallest absolute Gasteiger partial charge is 0.152 e. The Labute approximate surface area is 77.4 Å². The predicted molar refractivity (Wildman–Crippen MR) is 47.1 cm³/mol. The van der Waals surface area contributed by atoms with E-state index in [1.54, 1.807) is 4.68 Å². The highest BCUT2D eigenvalue weighted by molar-refractivity contribution is 4.80. The van der Waals surface area contributed by atoms with Gasteiger partial charge >= 0.3 is 0 Å². The maximum Gasteiger partial charge on any atom is 0.152 e. The van der Waals surface area contributed by atoms with Crippen LogP contribution in [0.3, 0.4) is 0 Å². The number of aliphatic hydroxyl groups excluding tert-OH is 1. The highest BCUT2D eigenvalue weighted by atomic mass is 16.5. The van der Waals surface area contributed by atoms with Crippen molar-refractivity contribution in [3.05, 3.63) is 12.2 Å². The lowest BCUT2D eigenvalue weighted by Gasteiger charge is -2.03. The minimum atomic E-state index is -0.0609. The third-order valence-electron chi connectivity index (χ3n) is 1.70. The van der Waals surface area contributed by atoms with Crippen molar-refractivity contribution in [2.75, 3.05) is 13.2 Å². The van der Waals surface area contributed by atoms with Crippen molar-refractivity contribution in [1.29, 1.82) is 0 Å². The van der Waals surface area contributed by atoms with Crippen molar-refractivity contribution < 1.29 is 9.84 Å². The molecule has 1 rings (SSSR count). The first-order valence-electron chi connectivity index (χ1n) is 4.43. The van der Waals surface area contributed by atoms with Gasteiger partial charge in [0.1, 0.15) is 12.9 Å². The normalized spacial score (nSPS) is 10.6. The van der Waals surface area contributed by atoms with Gasteiger partial charge in [0.15, 0.2) is 5.82 Å². The topological polar surface area (TPSA) is 60.2 Å². The summed E-state index contributed by atoms with van der Waals surface area (Å²) in [6, 6.07) is 0. The van der Waals surface area contributed by atoms with Gasteiger partial charge in [0.05, 0.1) is 0 Å². The number of aromatic nitrogens is 3. The third-order valence-corrected chi connectivity index (χ3v) is 1.70. The van der Waals surface area contributed by atoms with Crippen LogP contribution in [0, 0.1) is 0 Å². The van der Waals surface area contributed by atoms with Crippen molar-refractivity contribution in [1.82, 2.24) is 14.8 Å². The molecule has 0 fully saturated rings. The summed E-state index contributed by atoms with van der Waals surface area (Å²) < 4.78 is 6.87. The summed E-state index contributed by atoms with van der Waals surface area (Å²) in [6.07, 6.45) is 2.34. The quantitative estimate of drug-likeness (QED) is 0.643. The molecule has 0 atom stereocenters. The molecule has 0 amide bonds. The summed E-state index contributed by atoms with van der Waals surface area (Å²) in [5.41, 5.74) is 0. The Morgan fingerprint density at radius 1 is 1.62 bits per heavy atom. The van der Waals surface area contributed by atoms with Gasteiger partial charge in [0.2, 0.25) is 0 Å². The van der Waals surface area contributed by atoms with E-state index >= 15 is 0 Å². The number of hydrogen-bond acceptors (Lipinski definition) is 4. The molecule has 0 radical (unpaired) electrons. The van der Waals surface area contributed by atoms with E-state index in [-0.39, 0.29) is 6.61 Å². The Kier molecular flexibility index (Phi) is 4.42. The van der Waals surface area contributed by atoms with Crippen LogP contribution in [-0.4, -0.2) is 33.1 Å². The van der Waals surface area contributed by atoms with E-state index in [2.05, 4.69) is 10.1 Å². The van der Waals surface area contributed by atoms with Crippen LogP contribution in [-0.2, 0) is 17.9 Å².